The molecule has 0 heterocycles. The Morgan fingerprint density at radius 1 is 1.44 bits per heavy atom. The van der Waals surface area contributed by atoms with E-state index in [9.17, 15) is 4.79 Å². The lowest BCUT2D eigenvalue weighted by Gasteiger charge is -2.24. The van der Waals surface area contributed by atoms with Crippen molar-refractivity contribution in [3.63, 3.8) is 0 Å². The zero-order valence-electron chi connectivity index (χ0n) is 10.8. The highest BCUT2D eigenvalue weighted by atomic mass is 16.5. The monoisotopic (exact) mass is 228 g/mol. The number of nitrogens with zero attached hydrogens (tertiary/aromatic N) is 1. The number of ether oxygens (including phenoxy) is 1. The summed E-state index contributed by atoms with van der Waals surface area (Å²) in [4.78, 5) is 13.6. The Hall–Kier alpha value is -0.610. The maximum atomic E-state index is 11.3. The summed E-state index contributed by atoms with van der Waals surface area (Å²) in [6.07, 6.45) is 2.60. The molecule has 0 radical (unpaired) electrons. The van der Waals surface area contributed by atoms with Crippen molar-refractivity contribution in [3.05, 3.63) is 0 Å². The van der Waals surface area contributed by atoms with Crippen LogP contribution in [0, 0.1) is 0 Å². The predicted octanol–water partition coefficient (Wildman–Crippen LogP) is 1.01. The minimum absolute atomic E-state index is 0.0270. The van der Waals surface area contributed by atoms with Crippen LogP contribution in [0.15, 0.2) is 0 Å². The van der Waals surface area contributed by atoms with Gasteiger partial charge in [-0.05, 0) is 40.7 Å². The van der Waals surface area contributed by atoms with Crippen LogP contribution in [-0.2, 0) is 9.53 Å². The topological polar surface area (TPSA) is 41.6 Å². The fraction of sp³-hybridized carbons (Fsp3) is 0.917. The zero-order chi connectivity index (χ0) is 12.1. The first-order chi connectivity index (χ1) is 7.50. The summed E-state index contributed by atoms with van der Waals surface area (Å²) >= 11 is 0. The molecule has 1 saturated carbocycles. The third kappa shape index (κ3) is 4.94. The molecule has 0 amide bonds. The van der Waals surface area contributed by atoms with Gasteiger partial charge in [-0.3, -0.25) is 9.69 Å². The number of hydrogen-bond donors (Lipinski definition) is 1. The fourth-order valence-electron chi connectivity index (χ4n) is 1.67. The van der Waals surface area contributed by atoms with E-state index >= 15 is 0 Å². The van der Waals surface area contributed by atoms with Crippen LogP contribution in [0.4, 0.5) is 0 Å². The van der Waals surface area contributed by atoms with Crippen molar-refractivity contribution in [3.8, 4) is 0 Å². The molecular formula is C12H24N2O2. The van der Waals surface area contributed by atoms with Gasteiger partial charge < -0.3 is 10.1 Å². The van der Waals surface area contributed by atoms with Crippen LogP contribution in [0.1, 0.15) is 33.6 Å². The maximum Gasteiger partial charge on any atom is 0.320 e. The molecule has 1 atom stereocenters. The van der Waals surface area contributed by atoms with Crippen molar-refractivity contribution in [2.24, 2.45) is 0 Å². The molecule has 0 aliphatic heterocycles. The SMILES string of the molecule is CC(C)OC(=O)CNCC(C)N(C)C1CC1. The molecule has 1 unspecified atom stereocenters. The normalized spacial score (nSPS) is 17.9. The minimum atomic E-state index is -0.170. The first-order valence-electron chi connectivity index (χ1n) is 6.13. The summed E-state index contributed by atoms with van der Waals surface area (Å²) in [6.45, 7) is 7.04. The molecule has 0 saturated heterocycles. The highest BCUT2D eigenvalue weighted by Gasteiger charge is 2.28. The van der Waals surface area contributed by atoms with E-state index in [1.807, 2.05) is 13.8 Å². The minimum Gasteiger partial charge on any atom is -0.462 e. The van der Waals surface area contributed by atoms with E-state index in [0.29, 0.717) is 12.6 Å². The molecule has 0 bridgehead atoms. The van der Waals surface area contributed by atoms with Crippen LogP contribution in [-0.4, -0.2) is 49.2 Å². The van der Waals surface area contributed by atoms with E-state index in [4.69, 9.17) is 4.74 Å². The number of nitrogens with one attached hydrogen (secondary N) is 1. The third-order valence-electron chi connectivity index (χ3n) is 2.89. The largest absolute Gasteiger partial charge is 0.462 e. The number of hydrogen-bond acceptors (Lipinski definition) is 4. The Morgan fingerprint density at radius 2 is 2.06 bits per heavy atom. The van der Waals surface area contributed by atoms with Crippen molar-refractivity contribution < 1.29 is 9.53 Å². The van der Waals surface area contributed by atoms with Gasteiger partial charge in [-0.1, -0.05) is 0 Å². The standard InChI is InChI=1S/C12H24N2O2/c1-9(2)16-12(15)8-13-7-10(3)14(4)11-5-6-11/h9-11,13H,5-8H2,1-4H3. The average molecular weight is 228 g/mol. The molecular weight excluding hydrogens is 204 g/mol. The van der Waals surface area contributed by atoms with Gasteiger partial charge in [0.1, 0.15) is 0 Å². The molecule has 4 nitrogen and oxygen atoms in total. The molecule has 0 aromatic heterocycles. The third-order valence-corrected chi connectivity index (χ3v) is 2.89. The summed E-state index contributed by atoms with van der Waals surface area (Å²) in [5.41, 5.74) is 0. The summed E-state index contributed by atoms with van der Waals surface area (Å²) in [7, 11) is 2.15. The lowest BCUT2D eigenvalue weighted by Crippen LogP contribution is -2.41. The van der Waals surface area contributed by atoms with Crippen molar-refractivity contribution in [1.82, 2.24) is 10.2 Å². The highest BCUT2D eigenvalue weighted by Crippen LogP contribution is 2.26. The quantitative estimate of drug-likeness (QED) is 0.660. The van der Waals surface area contributed by atoms with Gasteiger partial charge in [-0.25, -0.2) is 0 Å². The maximum absolute atomic E-state index is 11.3. The summed E-state index contributed by atoms with van der Waals surface area (Å²) in [6, 6.07) is 1.23. The van der Waals surface area contributed by atoms with Crippen molar-refractivity contribution >= 4 is 5.97 Å². The summed E-state index contributed by atoms with van der Waals surface area (Å²) in [5, 5.41) is 3.14. The number of rotatable bonds is 7. The Kier molecular flexibility index (Phi) is 5.22. The molecule has 1 aliphatic carbocycles. The lowest BCUT2D eigenvalue weighted by molar-refractivity contribution is -0.146. The van der Waals surface area contributed by atoms with Gasteiger partial charge in [0.2, 0.25) is 0 Å². The molecule has 0 aromatic carbocycles. The molecule has 1 aliphatic rings. The molecule has 0 spiro atoms. The molecule has 16 heavy (non-hydrogen) atoms. The molecule has 1 fully saturated rings. The second-order valence-corrected chi connectivity index (χ2v) is 4.92. The Labute approximate surface area is 98.3 Å². The number of likely N-dealkylation sites (N-methyl/N-ethyl adjacent to an activating group) is 1. The van der Waals surface area contributed by atoms with E-state index < -0.39 is 0 Å². The van der Waals surface area contributed by atoms with Crippen LogP contribution in [0.5, 0.6) is 0 Å². The number of carbonyl (C=O) groups excluding carboxylic acids is 1. The van der Waals surface area contributed by atoms with Crippen LogP contribution in [0.2, 0.25) is 0 Å². The van der Waals surface area contributed by atoms with Gasteiger partial charge in [0.25, 0.3) is 0 Å². The molecule has 0 aromatic rings. The first kappa shape index (κ1) is 13.5. The lowest BCUT2D eigenvalue weighted by atomic mass is 10.3. The van der Waals surface area contributed by atoms with Gasteiger partial charge in [0, 0.05) is 18.6 Å². The highest BCUT2D eigenvalue weighted by molar-refractivity contribution is 5.71. The summed E-state index contributed by atoms with van der Waals surface area (Å²) in [5.74, 6) is -0.170. The molecule has 1 N–H and O–H groups in total. The van der Waals surface area contributed by atoms with E-state index in [-0.39, 0.29) is 12.1 Å². The summed E-state index contributed by atoms with van der Waals surface area (Å²) < 4.78 is 5.04. The van der Waals surface area contributed by atoms with Crippen LogP contribution in [0.25, 0.3) is 0 Å². The van der Waals surface area contributed by atoms with Crippen molar-refractivity contribution in [2.75, 3.05) is 20.1 Å². The van der Waals surface area contributed by atoms with E-state index in [1.165, 1.54) is 12.8 Å². The van der Waals surface area contributed by atoms with Crippen LogP contribution in [0.3, 0.4) is 0 Å². The van der Waals surface area contributed by atoms with Gasteiger partial charge >= 0.3 is 5.97 Å². The molecule has 4 heteroatoms. The van der Waals surface area contributed by atoms with Gasteiger partial charge in [0.05, 0.1) is 12.6 Å². The van der Waals surface area contributed by atoms with Gasteiger partial charge in [-0.15, -0.1) is 0 Å². The smallest absolute Gasteiger partial charge is 0.320 e. The second-order valence-electron chi connectivity index (χ2n) is 4.92. The molecule has 94 valence electrons. The average Bonchev–Trinajstić information content (AvgIpc) is 2.98. The zero-order valence-corrected chi connectivity index (χ0v) is 10.8. The van der Waals surface area contributed by atoms with E-state index in [0.717, 1.165) is 12.6 Å². The number of carbonyl (C=O) groups is 1. The second kappa shape index (κ2) is 6.21. The predicted molar refractivity (Wildman–Crippen MR) is 64.3 cm³/mol. The fourth-order valence-corrected chi connectivity index (χ4v) is 1.67. The first-order valence-corrected chi connectivity index (χ1v) is 6.13. The van der Waals surface area contributed by atoms with Gasteiger partial charge in [-0.2, -0.15) is 0 Å². The van der Waals surface area contributed by atoms with Crippen molar-refractivity contribution in [2.45, 2.75) is 51.8 Å². The van der Waals surface area contributed by atoms with Gasteiger partial charge in [0.15, 0.2) is 0 Å². The number of esters is 1. The van der Waals surface area contributed by atoms with E-state index in [1.54, 1.807) is 0 Å². The Balaban J connectivity index is 2.07. The molecule has 1 rings (SSSR count). The Morgan fingerprint density at radius 3 is 2.56 bits per heavy atom. The van der Waals surface area contributed by atoms with Crippen molar-refractivity contribution in [1.29, 1.82) is 0 Å². The van der Waals surface area contributed by atoms with Crippen LogP contribution >= 0.6 is 0 Å². The Bertz CT molecular complexity index is 227. The van der Waals surface area contributed by atoms with Crippen LogP contribution < -0.4 is 5.32 Å². The van der Waals surface area contributed by atoms with E-state index in [2.05, 4.69) is 24.2 Å².